The second-order valence-electron chi connectivity index (χ2n) is 11.3. The average Bonchev–Trinajstić information content (AvgIpc) is 3.02. The number of rotatable bonds is 13. The molecule has 9 heteroatoms. The number of carbonyl (C=O) groups is 2. The van der Waals surface area contributed by atoms with E-state index in [0.717, 1.165) is 21.0 Å². The van der Waals surface area contributed by atoms with Gasteiger partial charge in [-0.1, -0.05) is 90.8 Å². The van der Waals surface area contributed by atoms with Crippen molar-refractivity contribution in [3.63, 3.8) is 0 Å². The topological polar surface area (TPSA) is 86.8 Å². The number of hydrogen-bond acceptors (Lipinski definition) is 4. The minimum Gasteiger partial charge on any atom is -0.352 e. The lowest BCUT2D eigenvalue weighted by molar-refractivity contribution is -0.140. The van der Waals surface area contributed by atoms with Crippen LogP contribution < -0.4 is 9.62 Å². The van der Waals surface area contributed by atoms with Gasteiger partial charge in [-0.3, -0.25) is 13.9 Å². The number of halogens is 1. The summed E-state index contributed by atoms with van der Waals surface area (Å²) in [6, 6.07) is 29.1. The zero-order chi connectivity index (χ0) is 32.6. The molecule has 4 aromatic carbocycles. The Morgan fingerprint density at radius 3 is 2.13 bits per heavy atom. The van der Waals surface area contributed by atoms with Crippen LogP contribution in [-0.2, 0) is 32.6 Å². The molecule has 2 atom stereocenters. The maximum Gasteiger partial charge on any atom is 0.264 e. The van der Waals surface area contributed by atoms with Crippen LogP contribution >= 0.6 is 11.6 Å². The molecule has 0 aliphatic heterocycles. The monoisotopic (exact) mass is 645 g/mol. The largest absolute Gasteiger partial charge is 0.352 e. The number of anilines is 1. The van der Waals surface area contributed by atoms with Gasteiger partial charge in [-0.05, 0) is 80.3 Å². The molecule has 2 amide bonds. The Morgan fingerprint density at radius 2 is 1.49 bits per heavy atom. The Labute approximate surface area is 271 Å². The summed E-state index contributed by atoms with van der Waals surface area (Å²) in [6.07, 6.45) is 0.951. The minimum atomic E-state index is -4.16. The van der Waals surface area contributed by atoms with Crippen LogP contribution in [0.5, 0.6) is 0 Å². The lowest BCUT2D eigenvalue weighted by atomic mass is 10.0. The first kappa shape index (κ1) is 33.7. The van der Waals surface area contributed by atoms with Gasteiger partial charge in [0.25, 0.3) is 10.0 Å². The van der Waals surface area contributed by atoms with E-state index in [1.54, 1.807) is 60.7 Å². The summed E-state index contributed by atoms with van der Waals surface area (Å²) in [5.74, 6) is -0.834. The Morgan fingerprint density at radius 1 is 0.822 bits per heavy atom. The third-order valence-electron chi connectivity index (χ3n) is 7.69. The molecule has 0 aliphatic carbocycles. The number of hydrogen-bond donors (Lipinski definition) is 1. The molecule has 4 rings (SSSR count). The number of sulfonamides is 1. The van der Waals surface area contributed by atoms with Gasteiger partial charge in [0.05, 0.1) is 10.6 Å². The number of amides is 2. The van der Waals surface area contributed by atoms with E-state index in [4.69, 9.17) is 11.6 Å². The maximum absolute atomic E-state index is 14.5. The van der Waals surface area contributed by atoms with Gasteiger partial charge in [0, 0.05) is 24.0 Å². The zero-order valence-corrected chi connectivity index (χ0v) is 27.7. The number of nitrogens with one attached hydrogen (secondary N) is 1. The molecule has 0 saturated heterocycles. The third-order valence-corrected chi connectivity index (χ3v) is 9.71. The van der Waals surface area contributed by atoms with E-state index in [1.165, 1.54) is 4.90 Å². The quantitative estimate of drug-likeness (QED) is 0.175. The predicted octanol–water partition coefficient (Wildman–Crippen LogP) is 6.71. The van der Waals surface area contributed by atoms with Crippen LogP contribution in [0.4, 0.5) is 5.69 Å². The van der Waals surface area contributed by atoms with Gasteiger partial charge in [-0.15, -0.1) is 0 Å². The van der Waals surface area contributed by atoms with E-state index < -0.39 is 28.5 Å². The molecule has 0 heterocycles. The molecule has 0 fully saturated rings. The molecule has 0 saturated carbocycles. The van der Waals surface area contributed by atoms with Gasteiger partial charge in [0.2, 0.25) is 11.8 Å². The van der Waals surface area contributed by atoms with Gasteiger partial charge in [0.15, 0.2) is 0 Å². The molecular weight excluding hydrogens is 606 g/mol. The van der Waals surface area contributed by atoms with Gasteiger partial charge >= 0.3 is 0 Å². The first-order valence-corrected chi connectivity index (χ1v) is 16.8. The summed E-state index contributed by atoms with van der Waals surface area (Å²) >= 11 is 6.32. The second-order valence-corrected chi connectivity index (χ2v) is 13.6. The fourth-order valence-corrected chi connectivity index (χ4v) is 6.60. The fraction of sp³-hybridized carbons (Fsp3) is 0.278. The lowest BCUT2D eigenvalue weighted by Crippen LogP contribution is -2.54. The Balaban J connectivity index is 1.81. The molecule has 45 heavy (non-hydrogen) atoms. The molecule has 1 N–H and O–H groups in total. The van der Waals surface area contributed by atoms with Crippen molar-refractivity contribution in [2.45, 2.75) is 64.1 Å². The summed E-state index contributed by atoms with van der Waals surface area (Å²) < 4.78 is 29.4. The standard InChI is InChI=1S/C36H40ClN3O4S/c1-5-28(4)38-36(42)34(23-29-12-7-6-8-13-29)39(24-30-14-10-15-31(37)22-30)35(41)25-40(32-16-9-11-27(3)21-32)45(43,44)33-19-17-26(2)18-20-33/h6-22,28,34H,5,23-25H2,1-4H3,(H,38,42). The van der Waals surface area contributed by atoms with Crippen LogP contribution in [0.3, 0.4) is 0 Å². The molecule has 2 unspecified atom stereocenters. The third kappa shape index (κ3) is 8.96. The summed E-state index contributed by atoms with van der Waals surface area (Å²) in [5.41, 5.74) is 3.70. The molecular formula is C36H40ClN3O4S. The van der Waals surface area contributed by atoms with E-state index in [2.05, 4.69) is 5.32 Å². The van der Waals surface area contributed by atoms with E-state index in [-0.39, 0.29) is 29.8 Å². The molecule has 0 aromatic heterocycles. The number of aryl methyl sites for hydroxylation is 2. The highest BCUT2D eigenvalue weighted by molar-refractivity contribution is 7.92. The fourth-order valence-electron chi connectivity index (χ4n) is 4.98. The van der Waals surface area contributed by atoms with Crippen LogP contribution in [0, 0.1) is 13.8 Å². The van der Waals surface area contributed by atoms with Gasteiger partial charge in [-0.25, -0.2) is 8.42 Å². The Hall–Kier alpha value is -4.14. The number of carbonyl (C=O) groups excluding carboxylic acids is 2. The smallest absolute Gasteiger partial charge is 0.264 e. The molecule has 0 spiro atoms. The van der Waals surface area contributed by atoms with Gasteiger partial charge in [-0.2, -0.15) is 0 Å². The van der Waals surface area contributed by atoms with Crippen molar-refractivity contribution in [2.24, 2.45) is 0 Å². The lowest BCUT2D eigenvalue weighted by Gasteiger charge is -2.34. The molecule has 7 nitrogen and oxygen atoms in total. The van der Waals surface area contributed by atoms with E-state index in [0.29, 0.717) is 22.7 Å². The Kier molecular flexibility index (Phi) is 11.4. The summed E-state index contributed by atoms with van der Waals surface area (Å²) in [4.78, 5) is 30.0. The molecule has 0 aliphatic rings. The van der Waals surface area contributed by atoms with Gasteiger partial charge < -0.3 is 10.2 Å². The zero-order valence-electron chi connectivity index (χ0n) is 26.1. The van der Waals surface area contributed by atoms with Crippen molar-refractivity contribution in [1.82, 2.24) is 10.2 Å². The summed E-state index contributed by atoms with van der Waals surface area (Å²) in [7, 11) is -4.16. The molecule has 0 radical (unpaired) electrons. The predicted molar refractivity (Wildman–Crippen MR) is 181 cm³/mol. The summed E-state index contributed by atoms with van der Waals surface area (Å²) in [5, 5.41) is 3.54. The highest BCUT2D eigenvalue weighted by Gasteiger charge is 2.35. The van der Waals surface area contributed by atoms with E-state index in [1.807, 2.05) is 70.2 Å². The van der Waals surface area contributed by atoms with Crippen molar-refractivity contribution >= 4 is 39.1 Å². The second kappa shape index (κ2) is 15.2. The van der Waals surface area contributed by atoms with Crippen LogP contribution in [-0.4, -0.2) is 43.8 Å². The summed E-state index contributed by atoms with van der Waals surface area (Å²) in [6.45, 7) is 7.17. The number of benzene rings is 4. The minimum absolute atomic E-state index is 0.0526. The van der Waals surface area contributed by atoms with Crippen LogP contribution in [0.25, 0.3) is 0 Å². The molecule has 0 bridgehead atoms. The molecule has 236 valence electrons. The SMILES string of the molecule is CCC(C)NC(=O)C(Cc1ccccc1)N(Cc1cccc(Cl)c1)C(=O)CN(c1cccc(C)c1)S(=O)(=O)c1ccc(C)cc1. The van der Waals surface area contributed by atoms with E-state index >= 15 is 0 Å². The van der Waals surface area contributed by atoms with Crippen molar-refractivity contribution in [3.8, 4) is 0 Å². The normalized spacial score (nSPS) is 12.6. The van der Waals surface area contributed by atoms with Crippen molar-refractivity contribution < 1.29 is 18.0 Å². The van der Waals surface area contributed by atoms with Crippen LogP contribution in [0.15, 0.2) is 108 Å². The highest BCUT2D eigenvalue weighted by Crippen LogP contribution is 2.26. The average molecular weight is 646 g/mol. The van der Waals surface area contributed by atoms with Crippen molar-refractivity contribution in [2.75, 3.05) is 10.8 Å². The van der Waals surface area contributed by atoms with Crippen molar-refractivity contribution in [3.05, 3.63) is 130 Å². The molecule has 4 aromatic rings. The first-order chi connectivity index (χ1) is 21.5. The first-order valence-electron chi connectivity index (χ1n) is 15.0. The van der Waals surface area contributed by atoms with Gasteiger partial charge in [0.1, 0.15) is 12.6 Å². The van der Waals surface area contributed by atoms with E-state index in [9.17, 15) is 18.0 Å². The van der Waals surface area contributed by atoms with Crippen LogP contribution in [0.2, 0.25) is 5.02 Å². The number of nitrogens with zero attached hydrogens (tertiary/aromatic N) is 2. The highest BCUT2D eigenvalue weighted by atomic mass is 35.5. The van der Waals surface area contributed by atoms with Crippen molar-refractivity contribution in [1.29, 1.82) is 0 Å². The Bertz CT molecular complexity index is 1710. The maximum atomic E-state index is 14.5. The van der Waals surface area contributed by atoms with Crippen LogP contribution in [0.1, 0.15) is 42.5 Å².